The van der Waals surface area contributed by atoms with Crippen LogP contribution in [0.3, 0.4) is 0 Å². The van der Waals surface area contributed by atoms with E-state index in [9.17, 15) is 13.2 Å². The number of sulfonamides is 1. The summed E-state index contributed by atoms with van der Waals surface area (Å²) in [4.78, 5) is 12.3. The molecule has 142 valence electrons. The van der Waals surface area contributed by atoms with Crippen LogP contribution in [-0.2, 0) is 14.8 Å². The van der Waals surface area contributed by atoms with Gasteiger partial charge in [-0.3, -0.25) is 4.79 Å². The number of nitrogens with one attached hydrogen (secondary N) is 1. The SMILES string of the molecule is O=C(/C=C/c1ccc(Cl)c(Cl)c1)Nc1cccc(S(=O)(=O)N2CCCC2)c1. The zero-order chi connectivity index (χ0) is 19.4. The van der Waals surface area contributed by atoms with Crippen LogP contribution in [0.1, 0.15) is 18.4 Å². The first-order chi connectivity index (χ1) is 12.9. The van der Waals surface area contributed by atoms with E-state index >= 15 is 0 Å². The van der Waals surface area contributed by atoms with E-state index in [1.807, 2.05) is 0 Å². The lowest BCUT2D eigenvalue weighted by Gasteiger charge is -2.16. The van der Waals surface area contributed by atoms with Crippen molar-refractivity contribution in [3.05, 3.63) is 64.1 Å². The van der Waals surface area contributed by atoms with Crippen LogP contribution < -0.4 is 5.32 Å². The number of halogens is 2. The average Bonchev–Trinajstić information content (AvgIpc) is 3.18. The highest BCUT2D eigenvalue weighted by atomic mass is 35.5. The molecule has 2 aromatic carbocycles. The van der Waals surface area contributed by atoms with Crippen LogP contribution in [0.4, 0.5) is 5.69 Å². The summed E-state index contributed by atoms with van der Waals surface area (Å²) in [5.74, 6) is -0.378. The molecule has 1 heterocycles. The number of carbonyl (C=O) groups excluding carboxylic acids is 1. The van der Waals surface area contributed by atoms with Gasteiger partial charge in [-0.25, -0.2) is 8.42 Å². The van der Waals surface area contributed by atoms with Gasteiger partial charge in [-0.15, -0.1) is 0 Å². The second-order valence-corrected chi connectivity index (χ2v) is 8.89. The molecule has 1 aliphatic heterocycles. The largest absolute Gasteiger partial charge is 0.322 e. The lowest BCUT2D eigenvalue weighted by molar-refractivity contribution is -0.111. The van der Waals surface area contributed by atoms with Crippen molar-refractivity contribution >= 4 is 50.9 Å². The van der Waals surface area contributed by atoms with Gasteiger partial charge in [0.25, 0.3) is 0 Å². The van der Waals surface area contributed by atoms with E-state index in [1.54, 1.807) is 36.4 Å². The van der Waals surface area contributed by atoms with Crippen LogP contribution in [0, 0.1) is 0 Å². The van der Waals surface area contributed by atoms with Gasteiger partial charge in [-0.05, 0) is 54.8 Å². The van der Waals surface area contributed by atoms with Gasteiger partial charge in [0.15, 0.2) is 0 Å². The standard InChI is InChI=1S/C19H18Cl2N2O3S/c20-17-8-6-14(12-18(17)21)7-9-19(24)22-15-4-3-5-16(13-15)27(25,26)23-10-1-2-11-23/h3-9,12-13H,1-2,10-11H2,(H,22,24)/b9-7+. The molecule has 5 nitrogen and oxygen atoms in total. The monoisotopic (exact) mass is 424 g/mol. The molecule has 1 fully saturated rings. The van der Waals surface area contributed by atoms with Crippen LogP contribution in [0.5, 0.6) is 0 Å². The van der Waals surface area contributed by atoms with Crippen LogP contribution in [0.2, 0.25) is 10.0 Å². The predicted octanol–water partition coefficient (Wildman–Crippen LogP) is 4.43. The van der Waals surface area contributed by atoms with E-state index < -0.39 is 10.0 Å². The summed E-state index contributed by atoms with van der Waals surface area (Å²) >= 11 is 11.8. The fourth-order valence-electron chi connectivity index (χ4n) is 2.78. The molecule has 0 saturated carbocycles. The van der Waals surface area contributed by atoms with Crippen LogP contribution in [0.15, 0.2) is 53.4 Å². The van der Waals surface area contributed by atoms with Gasteiger partial charge in [-0.2, -0.15) is 4.31 Å². The fourth-order valence-corrected chi connectivity index (χ4v) is 4.65. The van der Waals surface area contributed by atoms with Crippen molar-refractivity contribution in [2.45, 2.75) is 17.7 Å². The molecule has 1 aliphatic rings. The Labute approximate surface area is 168 Å². The lowest BCUT2D eigenvalue weighted by atomic mass is 10.2. The van der Waals surface area contributed by atoms with Gasteiger partial charge in [0.05, 0.1) is 14.9 Å². The summed E-state index contributed by atoms with van der Waals surface area (Å²) in [6.07, 6.45) is 4.69. The first-order valence-corrected chi connectivity index (χ1v) is 10.6. The van der Waals surface area contributed by atoms with Gasteiger partial charge in [0, 0.05) is 24.9 Å². The molecule has 3 rings (SSSR count). The van der Waals surface area contributed by atoms with Crippen LogP contribution >= 0.6 is 23.2 Å². The Morgan fingerprint density at radius 2 is 1.78 bits per heavy atom. The molecule has 0 spiro atoms. The summed E-state index contributed by atoms with van der Waals surface area (Å²) in [6, 6.07) is 11.3. The van der Waals surface area contributed by atoms with Gasteiger partial charge in [0.2, 0.25) is 15.9 Å². The minimum atomic E-state index is -3.52. The lowest BCUT2D eigenvalue weighted by Crippen LogP contribution is -2.27. The zero-order valence-corrected chi connectivity index (χ0v) is 16.7. The quantitative estimate of drug-likeness (QED) is 0.721. The molecule has 0 radical (unpaired) electrons. The van der Waals surface area contributed by atoms with E-state index in [2.05, 4.69) is 5.32 Å². The van der Waals surface area contributed by atoms with Gasteiger partial charge in [-0.1, -0.05) is 35.3 Å². The smallest absolute Gasteiger partial charge is 0.248 e. The summed E-state index contributed by atoms with van der Waals surface area (Å²) in [7, 11) is -3.52. The summed E-state index contributed by atoms with van der Waals surface area (Å²) in [5, 5.41) is 3.51. The number of nitrogens with zero attached hydrogens (tertiary/aromatic N) is 1. The summed E-state index contributed by atoms with van der Waals surface area (Å²) in [6.45, 7) is 1.07. The maximum Gasteiger partial charge on any atom is 0.248 e. The first kappa shape index (κ1) is 19.9. The number of benzene rings is 2. The van der Waals surface area contributed by atoms with E-state index in [-0.39, 0.29) is 10.8 Å². The predicted molar refractivity (Wildman–Crippen MR) is 109 cm³/mol. The molecule has 2 aromatic rings. The highest BCUT2D eigenvalue weighted by Crippen LogP contribution is 2.24. The molecule has 27 heavy (non-hydrogen) atoms. The van der Waals surface area contributed by atoms with Crippen molar-refractivity contribution in [3.8, 4) is 0 Å². The number of hydrogen-bond acceptors (Lipinski definition) is 3. The molecule has 0 unspecified atom stereocenters. The normalized spacial score (nSPS) is 15.3. The van der Waals surface area contributed by atoms with Crippen molar-refractivity contribution in [2.75, 3.05) is 18.4 Å². The Kier molecular flexibility index (Phi) is 6.22. The maximum atomic E-state index is 12.6. The number of carbonyl (C=O) groups is 1. The minimum absolute atomic E-state index is 0.177. The van der Waals surface area contributed by atoms with Crippen molar-refractivity contribution in [2.24, 2.45) is 0 Å². The average molecular weight is 425 g/mol. The van der Waals surface area contributed by atoms with Crippen LogP contribution in [0.25, 0.3) is 6.08 Å². The molecule has 0 atom stereocenters. The third kappa shape index (κ3) is 4.90. The van der Waals surface area contributed by atoms with E-state index in [0.717, 1.165) is 18.4 Å². The fraction of sp³-hybridized carbons (Fsp3) is 0.211. The molecule has 0 bridgehead atoms. The zero-order valence-electron chi connectivity index (χ0n) is 14.4. The molecule has 1 amide bonds. The molecule has 0 aliphatic carbocycles. The van der Waals surface area contributed by atoms with Crippen molar-refractivity contribution < 1.29 is 13.2 Å². The van der Waals surface area contributed by atoms with Crippen molar-refractivity contribution in [3.63, 3.8) is 0 Å². The van der Waals surface area contributed by atoms with E-state index in [1.165, 1.54) is 22.5 Å². The second kappa shape index (κ2) is 8.44. The van der Waals surface area contributed by atoms with Gasteiger partial charge >= 0.3 is 0 Å². The van der Waals surface area contributed by atoms with Crippen molar-refractivity contribution in [1.29, 1.82) is 0 Å². The van der Waals surface area contributed by atoms with Gasteiger partial charge < -0.3 is 5.32 Å². The number of rotatable bonds is 5. The molecule has 0 aromatic heterocycles. The topological polar surface area (TPSA) is 66.5 Å². The highest BCUT2D eigenvalue weighted by molar-refractivity contribution is 7.89. The molecular weight excluding hydrogens is 407 g/mol. The van der Waals surface area contributed by atoms with Gasteiger partial charge in [0.1, 0.15) is 0 Å². The molecule has 8 heteroatoms. The Morgan fingerprint density at radius 1 is 1.04 bits per heavy atom. The van der Waals surface area contributed by atoms with Crippen LogP contribution in [-0.4, -0.2) is 31.7 Å². The summed E-state index contributed by atoms with van der Waals surface area (Å²) < 4.78 is 26.7. The molecule has 1 saturated heterocycles. The Morgan fingerprint density at radius 3 is 2.48 bits per heavy atom. The van der Waals surface area contributed by atoms with E-state index in [4.69, 9.17) is 23.2 Å². The summed E-state index contributed by atoms with van der Waals surface area (Å²) in [5.41, 5.74) is 1.14. The Hall–Kier alpha value is -1.86. The first-order valence-electron chi connectivity index (χ1n) is 8.40. The maximum absolute atomic E-state index is 12.6. The molecule has 1 N–H and O–H groups in total. The second-order valence-electron chi connectivity index (χ2n) is 6.14. The number of hydrogen-bond donors (Lipinski definition) is 1. The third-order valence-corrected chi connectivity index (χ3v) is 6.81. The Balaban J connectivity index is 1.71. The third-order valence-electron chi connectivity index (χ3n) is 4.18. The number of anilines is 1. The Bertz CT molecular complexity index is 984. The highest BCUT2D eigenvalue weighted by Gasteiger charge is 2.27. The van der Waals surface area contributed by atoms with E-state index in [0.29, 0.717) is 28.8 Å². The number of amides is 1. The minimum Gasteiger partial charge on any atom is -0.322 e. The molecular formula is C19H18Cl2N2O3S. The van der Waals surface area contributed by atoms with Crippen molar-refractivity contribution in [1.82, 2.24) is 4.31 Å².